The maximum atomic E-state index is 11.9. The van der Waals surface area contributed by atoms with Crippen molar-refractivity contribution in [1.82, 2.24) is 0 Å². The first kappa shape index (κ1) is 20.0. The summed E-state index contributed by atoms with van der Waals surface area (Å²) in [6.45, 7) is 0.321. The second kappa shape index (κ2) is 9.42. The van der Waals surface area contributed by atoms with Gasteiger partial charge >= 0.3 is 5.97 Å². The van der Waals surface area contributed by atoms with E-state index in [0.717, 1.165) is 11.3 Å². The van der Waals surface area contributed by atoms with Crippen molar-refractivity contribution in [2.45, 2.75) is 0 Å². The minimum absolute atomic E-state index is 0.0945. The van der Waals surface area contributed by atoms with Crippen LogP contribution in [-0.2, 0) is 9.53 Å². The normalized spacial score (nSPS) is 11.6. The molecule has 0 aliphatic carbocycles. The van der Waals surface area contributed by atoms with Gasteiger partial charge in [-0.2, -0.15) is 0 Å². The number of benzene rings is 2. The molecule has 0 atom stereocenters. The summed E-state index contributed by atoms with van der Waals surface area (Å²) >= 11 is 0. The van der Waals surface area contributed by atoms with E-state index in [4.69, 9.17) is 28.4 Å². The van der Waals surface area contributed by atoms with Crippen LogP contribution in [0.5, 0.6) is 28.7 Å². The van der Waals surface area contributed by atoms with Crippen LogP contribution >= 0.6 is 0 Å². The van der Waals surface area contributed by atoms with Crippen molar-refractivity contribution in [3.05, 3.63) is 47.5 Å². The number of rotatable bonds is 6. The van der Waals surface area contributed by atoms with Gasteiger partial charge in [0, 0.05) is 11.5 Å². The van der Waals surface area contributed by atoms with Crippen molar-refractivity contribution in [3.63, 3.8) is 0 Å². The highest BCUT2D eigenvalue weighted by molar-refractivity contribution is 5.89. The van der Waals surface area contributed by atoms with Gasteiger partial charge < -0.3 is 28.4 Å². The molecular weight excluding hydrogens is 376 g/mol. The molecule has 7 nitrogen and oxygen atoms in total. The van der Waals surface area contributed by atoms with Crippen LogP contribution in [0.3, 0.4) is 0 Å². The van der Waals surface area contributed by atoms with Gasteiger partial charge in [-0.05, 0) is 35.9 Å². The van der Waals surface area contributed by atoms with Gasteiger partial charge in [0.2, 0.25) is 12.5 Å². The third-order valence-corrected chi connectivity index (χ3v) is 3.99. The highest BCUT2D eigenvalue weighted by atomic mass is 16.7. The Labute approximate surface area is 168 Å². The summed E-state index contributed by atoms with van der Waals surface area (Å²) in [4.78, 5) is 11.9. The van der Waals surface area contributed by atoms with Gasteiger partial charge in [0.15, 0.2) is 23.0 Å². The topological polar surface area (TPSA) is 72.5 Å². The van der Waals surface area contributed by atoms with E-state index in [-0.39, 0.29) is 13.4 Å². The van der Waals surface area contributed by atoms with Crippen LogP contribution in [0.15, 0.2) is 36.4 Å². The number of carbonyl (C=O) groups excluding carboxylic acids is 1. The molecule has 0 fully saturated rings. The fourth-order valence-corrected chi connectivity index (χ4v) is 2.64. The molecule has 0 spiro atoms. The third-order valence-electron chi connectivity index (χ3n) is 3.99. The fraction of sp³-hybridized carbons (Fsp3) is 0.227. The van der Waals surface area contributed by atoms with E-state index in [2.05, 4.69) is 11.8 Å². The standard InChI is InChI=1S/C22H20O7/c1-24-19-12-16(13-20(25-2)22(19)26-3)7-9-21(23)27-10-4-5-15-6-8-17-18(11-15)29-14-28-17/h4-6,8,11-13H,10,14H2,1-3H3. The van der Waals surface area contributed by atoms with Crippen LogP contribution in [0.25, 0.3) is 6.08 Å². The molecule has 0 bridgehead atoms. The molecule has 1 heterocycles. The Kier molecular flexibility index (Phi) is 6.48. The number of hydrogen-bond donors (Lipinski definition) is 0. The summed E-state index contributed by atoms with van der Waals surface area (Å²) in [6, 6.07) is 8.88. The van der Waals surface area contributed by atoms with Crippen LogP contribution < -0.4 is 23.7 Å². The Hall–Kier alpha value is -3.79. The van der Waals surface area contributed by atoms with Crippen LogP contribution in [0.1, 0.15) is 11.1 Å². The molecule has 1 aliphatic heterocycles. The SMILES string of the molecule is COc1cc(C#CC(=O)OCC=Cc2ccc3c(c2)OCO3)cc(OC)c1OC. The molecule has 3 rings (SSSR count). The van der Waals surface area contributed by atoms with Gasteiger partial charge in [-0.3, -0.25) is 0 Å². The number of fused-ring (bicyclic) bond motifs is 1. The zero-order valence-corrected chi connectivity index (χ0v) is 16.3. The highest BCUT2D eigenvalue weighted by Gasteiger charge is 2.13. The molecule has 150 valence electrons. The Bertz CT molecular complexity index is 957. The number of esters is 1. The summed E-state index contributed by atoms with van der Waals surface area (Å²) in [5.41, 5.74) is 1.45. The lowest BCUT2D eigenvalue weighted by Crippen LogP contribution is -2.01. The summed E-state index contributed by atoms with van der Waals surface area (Å²) in [6.07, 6.45) is 3.54. The van der Waals surface area contributed by atoms with Crippen molar-refractivity contribution in [2.24, 2.45) is 0 Å². The van der Waals surface area contributed by atoms with Crippen molar-refractivity contribution in [2.75, 3.05) is 34.7 Å². The van der Waals surface area contributed by atoms with E-state index in [1.54, 1.807) is 18.2 Å². The van der Waals surface area contributed by atoms with Gasteiger partial charge in [-0.25, -0.2) is 4.79 Å². The molecule has 29 heavy (non-hydrogen) atoms. The van der Waals surface area contributed by atoms with Crippen LogP contribution in [0.2, 0.25) is 0 Å². The Morgan fingerprint density at radius 3 is 2.45 bits per heavy atom. The van der Waals surface area contributed by atoms with E-state index in [1.807, 2.05) is 24.3 Å². The monoisotopic (exact) mass is 396 g/mol. The summed E-state index contributed by atoms with van der Waals surface area (Å²) < 4.78 is 31.4. The Morgan fingerprint density at radius 2 is 1.76 bits per heavy atom. The molecule has 0 saturated carbocycles. The first-order valence-corrected chi connectivity index (χ1v) is 8.69. The summed E-state index contributed by atoms with van der Waals surface area (Å²) in [5, 5.41) is 0. The lowest BCUT2D eigenvalue weighted by atomic mass is 10.2. The Morgan fingerprint density at radius 1 is 1.03 bits per heavy atom. The average Bonchev–Trinajstić information content (AvgIpc) is 3.22. The number of hydrogen-bond acceptors (Lipinski definition) is 7. The second-order valence-corrected chi connectivity index (χ2v) is 5.78. The summed E-state index contributed by atoms with van der Waals surface area (Å²) in [5.74, 6) is 7.31. The number of ether oxygens (including phenoxy) is 6. The zero-order chi connectivity index (χ0) is 20.6. The Balaban J connectivity index is 1.58. The maximum absolute atomic E-state index is 11.9. The quantitative estimate of drug-likeness (QED) is 0.549. The minimum atomic E-state index is -0.644. The zero-order valence-electron chi connectivity index (χ0n) is 16.3. The van der Waals surface area contributed by atoms with Gasteiger partial charge in [0.05, 0.1) is 21.3 Å². The van der Waals surface area contributed by atoms with Crippen molar-refractivity contribution < 1.29 is 33.2 Å². The molecule has 0 radical (unpaired) electrons. The predicted octanol–water partition coefficient (Wildman–Crippen LogP) is 3.05. The first-order chi connectivity index (χ1) is 14.1. The molecule has 0 unspecified atom stereocenters. The van der Waals surface area contributed by atoms with Gasteiger partial charge in [-0.15, -0.1) is 0 Å². The lowest BCUT2D eigenvalue weighted by Gasteiger charge is -2.12. The highest BCUT2D eigenvalue weighted by Crippen LogP contribution is 2.38. The fourth-order valence-electron chi connectivity index (χ4n) is 2.64. The molecule has 2 aromatic rings. The molecule has 0 aromatic heterocycles. The van der Waals surface area contributed by atoms with E-state index < -0.39 is 5.97 Å². The van der Waals surface area contributed by atoms with Crippen molar-refractivity contribution in [3.8, 4) is 40.6 Å². The largest absolute Gasteiger partial charge is 0.493 e. The lowest BCUT2D eigenvalue weighted by molar-refractivity contribution is -0.135. The minimum Gasteiger partial charge on any atom is -0.493 e. The molecule has 0 saturated heterocycles. The van der Waals surface area contributed by atoms with Crippen LogP contribution in [-0.4, -0.2) is 40.7 Å². The van der Waals surface area contributed by atoms with Crippen LogP contribution in [0.4, 0.5) is 0 Å². The molecule has 0 N–H and O–H groups in total. The molecule has 1 aliphatic rings. The predicted molar refractivity (Wildman–Crippen MR) is 106 cm³/mol. The van der Waals surface area contributed by atoms with Gasteiger partial charge in [0.1, 0.15) is 6.61 Å². The van der Waals surface area contributed by atoms with E-state index in [1.165, 1.54) is 21.3 Å². The van der Waals surface area contributed by atoms with Gasteiger partial charge in [0.25, 0.3) is 0 Å². The molecular formula is C22H20O7. The molecule has 0 amide bonds. The average molecular weight is 396 g/mol. The van der Waals surface area contributed by atoms with Gasteiger partial charge in [-0.1, -0.05) is 18.1 Å². The summed E-state index contributed by atoms with van der Waals surface area (Å²) in [7, 11) is 4.53. The van der Waals surface area contributed by atoms with Crippen LogP contribution in [0, 0.1) is 11.8 Å². The first-order valence-electron chi connectivity index (χ1n) is 8.69. The van der Waals surface area contributed by atoms with Crippen molar-refractivity contribution >= 4 is 12.0 Å². The molecule has 2 aromatic carbocycles. The second-order valence-electron chi connectivity index (χ2n) is 5.78. The van der Waals surface area contributed by atoms with E-state index >= 15 is 0 Å². The number of methoxy groups -OCH3 is 3. The van der Waals surface area contributed by atoms with E-state index in [0.29, 0.717) is 28.6 Å². The maximum Gasteiger partial charge on any atom is 0.385 e. The third kappa shape index (κ3) is 4.93. The van der Waals surface area contributed by atoms with Crippen molar-refractivity contribution in [1.29, 1.82) is 0 Å². The smallest absolute Gasteiger partial charge is 0.385 e. The van der Waals surface area contributed by atoms with E-state index in [9.17, 15) is 4.79 Å². The molecule has 7 heteroatoms. The number of carbonyl (C=O) groups is 1.